The van der Waals surface area contributed by atoms with Crippen molar-refractivity contribution in [3.8, 4) is 0 Å². The lowest BCUT2D eigenvalue weighted by Gasteiger charge is -2.19. The predicted octanol–water partition coefficient (Wildman–Crippen LogP) is 0.885. The molecule has 0 unspecified atom stereocenters. The molecule has 2 rings (SSSR count). The number of likely N-dealkylation sites (tertiary alicyclic amines) is 1. The highest BCUT2D eigenvalue weighted by Gasteiger charge is 2.29. The van der Waals surface area contributed by atoms with Crippen molar-refractivity contribution in [1.82, 2.24) is 9.88 Å². The van der Waals surface area contributed by atoms with E-state index in [1.165, 1.54) is 0 Å². The first-order chi connectivity index (χ1) is 7.33. The first-order valence-corrected chi connectivity index (χ1v) is 5.00. The summed E-state index contributed by atoms with van der Waals surface area (Å²) in [7, 11) is 0. The van der Waals surface area contributed by atoms with Crippen LogP contribution in [0.3, 0.4) is 0 Å². The van der Waals surface area contributed by atoms with Gasteiger partial charge in [-0.2, -0.15) is 0 Å². The number of aromatic nitrogens is 1. The Morgan fingerprint density at radius 3 is 3.07 bits per heavy atom. The molecule has 1 amide bonds. The van der Waals surface area contributed by atoms with Gasteiger partial charge in [-0.15, -0.1) is 0 Å². The lowest BCUT2D eigenvalue weighted by molar-refractivity contribution is -0.111. The number of rotatable bonds is 2. The molecule has 0 saturated carbocycles. The second-order valence-electron chi connectivity index (χ2n) is 3.56. The maximum absolute atomic E-state index is 11.9. The summed E-state index contributed by atoms with van der Waals surface area (Å²) in [5, 5.41) is 0. The fourth-order valence-corrected chi connectivity index (χ4v) is 1.82. The molecular formula is C11H12N2O2. The number of nitrogens with zero attached hydrogens (tertiary/aromatic N) is 2. The average molecular weight is 204 g/mol. The van der Waals surface area contributed by atoms with Crippen LogP contribution in [0.5, 0.6) is 0 Å². The Balaban J connectivity index is 2.18. The van der Waals surface area contributed by atoms with Crippen LogP contribution in [0.1, 0.15) is 23.3 Å². The number of carbonyl (C=O) groups is 2. The van der Waals surface area contributed by atoms with Crippen LogP contribution in [0.4, 0.5) is 0 Å². The first-order valence-electron chi connectivity index (χ1n) is 5.00. The number of amides is 1. The molecule has 1 aromatic heterocycles. The van der Waals surface area contributed by atoms with Crippen molar-refractivity contribution in [3.63, 3.8) is 0 Å². The fourth-order valence-electron chi connectivity index (χ4n) is 1.82. The van der Waals surface area contributed by atoms with Gasteiger partial charge >= 0.3 is 0 Å². The molecule has 1 saturated heterocycles. The van der Waals surface area contributed by atoms with E-state index in [-0.39, 0.29) is 11.9 Å². The van der Waals surface area contributed by atoms with Gasteiger partial charge in [-0.3, -0.25) is 9.78 Å². The minimum atomic E-state index is -0.264. The van der Waals surface area contributed by atoms with E-state index < -0.39 is 0 Å². The van der Waals surface area contributed by atoms with E-state index in [0.29, 0.717) is 12.2 Å². The van der Waals surface area contributed by atoms with Crippen molar-refractivity contribution in [3.05, 3.63) is 30.1 Å². The van der Waals surface area contributed by atoms with Gasteiger partial charge in [-0.1, -0.05) is 6.07 Å². The van der Waals surface area contributed by atoms with E-state index in [0.717, 1.165) is 19.1 Å². The molecule has 15 heavy (non-hydrogen) atoms. The van der Waals surface area contributed by atoms with Crippen LogP contribution in [0, 0.1) is 0 Å². The molecule has 1 aliphatic rings. The van der Waals surface area contributed by atoms with Crippen molar-refractivity contribution in [2.24, 2.45) is 0 Å². The molecule has 0 spiro atoms. The van der Waals surface area contributed by atoms with Gasteiger partial charge < -0.3 is 9.69 Å². The van der Waals surface area contributed by atoms with Gasteiger partial charge in [0.05, 0.1) is 6.04 Å². The summed E-state index contributed by atoms with van der Waals surface area (Å²) >= 11 is 0. The SMILES string of the molecule is O=C[C@@H]1CCCN1C(=O)c1ccccn1. The molecule has 0 N–H and O–H groups in total. The van der Waals surface area contributed by atoms with Gasteiger partial charge in [0.2, 0.25) is 0 Å². The second kappa shape index (κ2) is 4.21. The molecule has 78 valence electrons. The number of pyridine rings is 1. The lowest BCUT2D eigenvalue weighted by atomic mass is 10.2. The summed E-state index contributed by atoms with van der Waals surface area (Å²) in [6.45, 7) is 0.652. The van der Waals surface area contributed by atoms with E-state index >= 15 is 0 Å². The van der Waals surface area contributed by atoms with E-state index in [2.05, 4.69) is 4.98 Å². The zero-order chi connectivity index (χ0) is 10.7. The smallest absolute Gasteiger partial charge is 0.273 e. The van der Waals surface area contributed by atoms with E-state index in [4.69, 9.17) is 0 Å². The third-order valence-electron chi connectivity index (χ3n) is 2.60. The summed E-state index contributed by atoms with van der Waals surface area (Å²) in [5.74, 6) is -0.148. The first kappa shape index (κ1) is 9.83. The minimum absolute atomic E-state index is 0.148. The van der Waals surface area contributed by atoms with E-state index in [1.807, 2.05) is 0 Å². The summed E-state index contributed by atoms with van der Waals surface area (Å²) in [4.78, 5) is 28.2. The zero-order valence-electron chi connectivity index (χ0n) is 8.30. The fraction of sp³-hybridized carbons (Fsp3) is 0.364. The highest BCUT2D eigenvalue weighted by atomic mass is 16.2. The van der Waals surface area contributed by atoms with Crippen molar-refractivity contribution >= 4 is 12.2 Å². The van der Waals surface area contributed by atoms with Crippen molar-refractivity contribution in [2.45, 2.75) is 18.9 Å². The second-order valence-corrected chi connectivity index (χ2v) is 3.56. The molecule has 4 heteroatoms. The van der Waals surface area contributed by atoms with Crippen LogP contribution in [0.2, 0.25) is 0 Å². The van der Waals surface area contributed by atoms with Crippen molar-refractivity contribution < 1.29 is 9.59 Å². The number of hydrogen-bond acceptors (Lipinski definition) is 3. The number of carbonyl (C=O) groups excluding carboxylic acids is 2. The average Bonchev–Trinajstić information content (AvgIpc) is 2.77. The highest BCUT2D eigenvalue weighted by molar-refractivity contribution is 5.94. The standard InChI is InChI=1S/C11H12N2O2/c14-8-9-4-3-7-13(9)11(15)10-5-1-2-6-12-10/h1-2,5-6,8-9H,3-4,7H2/t9-/m0/s1. The van der Waals surface area contributed by atoms with Crippen LogP contribution in [-0.2, 0) is 4.79 Å². The normalized spacial score (nSPS) is 20.3. The monoisotopic (exact) mass is 204 g/mol. The zero-order valence-corrected chi connectivity index (χ0v) is 8.30. The van der Waals surface area contributed by atoms with Crippen LogP contribution in [0.25, 0.3) is 0 Å². The molecule has 1 atom stereocenters. The van der Waals surface area contributed by atoms with Gasteiger partial charge in [0.15, 0.2) is 0 Å². The molecule has 1 aliphatic heterocycles. The van der Waals surface area contributed by atoms with E-state index in [9.17, 15) is 9.59 Å². The van der Waals surface area contributed by atoms with Crippen LogP contribution in [0.15, 0.2) is 24.4 Å². The third-order valence-corrected chi connectivity index (χ3v) is 2.60. The molecule has 4 nitrogen and oxygen atoms in total. The highest BCUT2D eigenvalue weighted by Crippen LogP contribution is 2.17. The Morgan fingerprint density at radius 1 is 1.53 bits per heavy atom. The minimum Gasteiger partial charge on any atom is -0.328 e. The molecule has 1 aromatic rings. The van der Waals surface area contributed by atoms with E-state index in [1.54, 1.807) is 29.3 Å². The van der Waals surface area contributed by atoms with Crippen molar-refractivity contribution in [2.75, 3.05) is 6.54 Å². The van der Waals surface area contributed by atoms with Gasteiger partial charge in [0.1, 0.15) is 12.0 Å². The maximum Gasteiger partial charge on any atom is 0.273 e. The van der Waals surface area contributed by atoms with Crippen LogP contribution >= 0.6 is 0 Å². The molecule has 2 heterocycles. The van der Waals surface area contributed by atoms with Crippen LogP contribution < -0.4 is 0 Å². The Hall–Kier alpha value is -1.71. The Bertz CT molecular complexity index is 364. The number of aldehydes is 1. The molecule has 0 radical (unpaired) electrons. The molecule has 0 aromatic carbocycles. The van der Waals surface area contributed by atoms with Gasteiger partial charge in [-0.25, -0.2) is 0 Å². The Kier molecular flexibility index (Phi) is 2.76. The molecule has 0 aliphatic carbocycles. The number of hydrogen-bond donors (Lipinski definition) is 0. The summed E-state index contributed by atoms with van der Waals surface area (Å²) in [6.07, 6.45) is 4.08. The molecule has 1 fully saturated rings. The molecule has 0 bridgehead atoms. The third kappa shape index (κ3) is 1.88. The van der Waals surface area contributed by atoms with Gasteiger partial charge in [-0.05, 0) is 25.0 Å². The largest absolute Gasteiger partial charge is 0.328 e. The van der Waals surface area contributed by atoms with Crippen molar-refractivity contribution in [1.29, 1.82) is 0 Å². The Labute approximate surface area is 87.9 Å². The summed E-state index contributed by atoms with van der Waals surface area (Å²) in [5.41, 5.74) is 0.409. The van der Waals surface area contributed by atoms with Gasteiger partial charge in [0.25, 0.3) is 5.91 Å². The lowest BCUT2D eigenvalue weighted by Crippen LogP contribution is -2.36. The Morgan fingerprint density at radius 2 is 2.40 bits per heavy atom. The van der Waals surface area contributed by atoms with Gasteiger partial charge in [0, 0.05) is 12.7 Å². The predicted molar refractivity (Wildman–Crippen MR) is 54.4 cm³/mol. The topological polar surface area (TPSA) is 50.3 Å². The summed E-state index contributed by atoms with van der Waals surface area (Å²) < 4.78 is 0. The summed E-state index contributed by atoms with van der Waals surface area (Å²) in [6, 6.07) is 4.94. The maximum atomic E-state index is 11.9. The quantitative estimate of drug-likeness (QED) is 0.672. The van der Waals surface area contributed by atoms with Crippen LogP contribution in [-0.4, -0.2) is 34.7 Å². The molecular weight excluding hydrogens is 192 g/mol.